The number of methoxy groups -OCH3 is 1. The van der Waals surface area contributed by atoms with Crippen LogP contribution in [0.2, 0.25) is 0 Å². The third-order valence-corrected chi connectivity index (χ3v) is 5.08. The smallest absolute Gasteiger partial charge is 0.271 e. The lowest BCUT2D eigenvalue weighted by molar-refractivity contribution is 0.0955. The Labute approximate surface area is 155 Å². The number of hydrogen-bond acceptors (Lipinski definition) is 3. The number of ether oxygens (including phenoxy) is 1. The van der Waals surface area contributed by atoms with Crippen molar-refractivity contribution in [3.8, 4) is 5.75 Å². The summed E-state index contributed by atoms with van der Waals surface area (Å²) in [4.78, 5) is 12.2. The van der Waals surface area contributed by atoms with Gasteiger partial charge in [-0.2, -0.15) is 5.10 Å². The number of hydrazone groups is 1. The van der Waals surface area contributed by atoms with Crippen LogP contribution in [0.15, 0.2) is 53.6 Å². The van der Waals surface area contributed by atoms with Gasteiger partial charge in [0.1, 0.15) is 5.75 Å². The van der Waals surface area contributed by atoms with Crippen LogP contribution < -0.4 is 10.2 Å². The maximum Gasteiger partial charge on any atom is 0.271 e. The van der Waals surface area contributed by atoms with Crippen LogP contribution >= 0.6 is 0 Å². The lowest BCUT2D eigenvalue weighted by atomic mass is 9.84. The van der Waals surface area contributed by atoms with Crippen molar-refractivity contribution in [2.24, 2.45) is 5.10 Å². The zero-order valence-corrected chi connectivity index (χ0v) is 15.5. The van der Waals surface area contributed by atoms with E-state index in [4.69, 9.17) is 4.74 Å². The van der Waals surface area contributed by atoms with E-state index in [0.29, 0.717) is 11.5 Å². The van der Waals surface area contributed by atoms with Gasteiger partial charge in [0.2, 0.25) is 0 Å². The second-order valence-corrected chi connectivity index (χ2v) is 6.82. The molecule has 1 aliphatic carbocycles. The molecule has 0 aromatic heterocycles. The molecule has 136 valence electrons. The summed E-state index contributed by atoms with van der Waals surface area (Å²) in [5.41, 5.74) is 6.41. The van der Waals surface area contributed by atoms with Gasteiger partial charge in [0.05, 0.1) is 12.8 Å². The van der Waals surface area contributed by atoms with Gasteiger partial charge in [-0.15, -0.1) is 0 Å². The summed E-state index contributed by atoms with van der Waals surface area (Å²) in [5.74, 6) is 1.19. The van der Waals surface area contributed by atoms with Crippen LogP contribution in [0.1, 0.15) is 66.4 Å². The summed E-state index contributed by atoms with van der Waals surface area (Å²) in [5, 5.41) is 4.24. The minimum Gasteiger partial charge on any atom is -0.497 e. The second-order valence-electron chi connectivity index (χ2n) is 6.82. The summed E-state index contributed by atoms with van der Waals surface area (Å²) < 4.78 is 5.10. The molecule has 0 unspecified atom stereocenters. The van der Waals surface area contributed by atoms with Gasteiger partial charge in [0, 0.05) is 5.56 Å². The summed E-state index contributed by atoms with van der Waals surface area (Å²) in [6.07, 6.45) is 6.64. The fourth-order valence-electron chi connectivity index (χ4n) is 3.44. The largest absolute Gasteiger partial charge is 0.497 e. The summed E-state index contributed by atoms with van der Waals surface area (Å²) in [6.45, 7) is 1.91. The number of nitrogens with zero attached hydrogens (tertiary/aromatic N) is 1. The highest BCUT2D eigenvalue weighted by Gasteiger charge is 2.15. The van der Waals surface area contributed by atoms with E-state index in [0.717, 1.165) is 17.0 Å². The Balaban J connectivity index is 1.62. The van der Waals surface area contributed by atoms with E-state index >= 15 is 0 Å². The quantitative estimate of drug-likeness (QED) is 0.616. The first-order chi connectivity index (χ1) is 12.7. The van der Waals surface area contributed by atoms with Crippen molar-refractivity contribution < 1.29 is 9.53 Å². The van der Waals surface area contributed by atoms with Gasteiger partial charge in [-0.1, -0.05) is 43.5 Å². The first-order valence-corrected chi connectivity index (χ1v) is 9.26. The van der Waals surface area contributed by atoms with Crippen molar-refractivity contribution in [1.29, 1.82) is 0 Å². The molecule has 0 heterocycles. The summed E-state index contributed by atoms with van der Waals surface area (Å²) in [7, 11) is 1.60. The molecule has 4 heteroatoms. The molecule has 1 N–H and O–H groups in total. The molecule has 1 amide bonds. The number of nitrogens with one attached hydrogen (secondary N) is 1. The van der Waals surface area contributed by atoms with Crippen LogP contribution in [0.3, 0.4) is 0 Å². The van der Waals surface area contributed by atoms with Gasteiger partial charge in [-0.25, -0.2) is 5.43 Å². The Hall–Kier alpha value is -2.62. The lowest BCUT2D eigenvalue weighted by Crippen LogP contribution is -2.19. The van der Waals surface area contributed by atoms with E-state index in [1.54, 1.807) is 31.4 Å². The summed E-state index contributed by atoms with van der Waals surface area (Å²) >= 11 is 0. The van der Waals surface area contributed by atoms with E-state index < -0.39 is 0 Å². The van der Waals surface area contributed by atoms with Crippen LogP contribution in [0.5, 0.6) is 5.75 Å². The van der Waals surface area contributed by atoms with Crippen LogP contribution in [-0.2, 0) is 0 Å². The van der Waals surface area contributed by atoms with E-state index in [9.17, 15) is 4.79 Å². The highest BCUT2D eigenvalue weighted by molar-refractivity contribution is 6.00. The highest BCUT2D eigenvalue weighted by Crippen LogP contribution is 2.32. The Kier molecular flexibility index (Phi) is 6.05. The van der Waals surface area contributed by atoms with Crippen molar-refractivity contribution in [3.63, 3.8) is 0 Å². The molecule has 0 bridgehead atoms. The Morgan fingerprint density at radius 3 is 2.19 bits per heavy atom. The van der Waals surface area contributed by atoms with Crippen LogP contribution in [0.4, 0.5) is 0 Å². The first kappa shape index (κ1) is 18.2. The van der Waals surface area contributed by atoms with Gasteiger partial charge >= 0.3 is 0 Å². The molecule has 1 fully saturated rings. The molecule has 3 rings (SSSR count). The Bertz CT molecular complexity index is 758. The van der Waals surface area contributed by atoms with Crippen molar-refractivity contribution in [3.05, 3.63) is 65.2 Å². The highest BCUT2D eigenvalue weighted by atomic mass is 16.5. The van der Waals surface area contributed by atoms with Gasteiger partial charge in [-0.3, -0.25) is 4.79 Å². The van der Waals surface area contributed by atoms with E-state index in [1.165, 1.54) is 37.7 Å². The normalized spacial score (nSPS) is 15.5. The SMILES string of the molecule is COc1ccc(C(=O)NN=C(C)c2ccc(C3CCCCC3)cc2)cc1. The summed E-state index contributed by atoms with van der Waals surface area (Å²) in [6, 6.07) is 15.6. The number of amides is 1. The average Bonchev–Trinajstić information content (AvgIpc) is 2.72. The van der Waals surface area contributed by atoms with Crippen molar-refractivity contribution in [2.75, 3.05) is 7.11 Å². The molecule has 0 saturated heterocycles. The van der Waals surface area contributed by atoms with E-state index in [-0.39, 0.29) is 5.91 Å². The van der Waals surface area contributed by atoms with Crippen molar-refractivity contribution in [1.82, 2.24) is 5.43 Å². The maximum absolute atomic E-state index is 12.2. The predicted molar refractivity (Wildman–Crippen MR) is 105 cm³/mol. The minimum absolute atomic E-state index is 0.231. The zero-order valence-electron chi connectivity index (χ0n) is 15.5. The molecule has 2 aromatic carbocycles. The van der Waals surface area contributed by atoms with Crippen molar-refractivity contribution >= 4 is 11.6 Å². The standard InChI is InChI=1S/C22H26N2O2/c1-16(23-24-22(25)20-12-14-21(26-2)15-13-20)17-8-10-19(11-9-17)18-6-4-3-5-7-18/h8-15,18H,3-7H2,1-2H3,(H,24,25). The van der Waals surface area contributed by atoms with E-state index in [1.807, 2.05) is 6.92 Å². The molecule has 0 aliphatic heterocycles. The molecule has 1 saturated carbocycles. The van der Waals surface area contributed by atoms with Crippen molar-refractivity contribution in [2.45, 2.75) is 44.9 Å². The number of benzene rings is 2. The zero-order chi connectivity index (χ0) is 18.4. The first-order valence-electron chi connectivity index (χ1n) is 9.26. The van der Waals surface area contributed by atoms with Gasteiger partial charge in [-0.05, 0) is 61.1 Å². The fourth-order valence-corrected chi connectivity index (χ4v) is 3.44. The maximum atomic E-state index is 12.2. The third kappa shape index (κ3) is 4.51. The number of hydrogen-bond donors (Lipinski definition) is 1. The number of carbonyl (C=O) groups excluding carboxylic acids is 1. The topological polar surface area (TPSA) is 50.7 Å². The van der Waals surface area contributed by atoms with Gasteiger partial charge in [0.15, 0.2) is 0 Å². The lowest BCUT2D eigenvalue weighted by Gasteiger charge is -2.22. The monoisotopic (exact) mass is 350 g/mol. The molecule has 0 atom stereocenters. The average molecular weight is 350 g/mol. The molecule has 0 radical (unpaired) electrons. The molecular weight excluding hydrogens is 324 g/mol. The van der Waals surface area contributed by atoms with Crippen LogP contribution in [0, 0.1) is 0 Å². The van der Waals surface area contributed by atoms with Gasteiger partial charge < -0.3 is 4.74 Å². The molecule has 1 aliphatic rings. The third-order valence-electron chi connectivity index (χ3n) is 5.08. The molecular formula is C22H26N2O2. The Morgan fingerprint density at radius 2 is 1.58 bits per heavy atom. The molecule has 4 nitrogen and oxygen atoms in total. The number of rotatable bonds is 5. The Morgan fingerprint density at radius 1 is 0.962 bits per heavy atom. The van der Waals surface area contributed by atoms with Crippen LogP contribution in [0.25, 0.3) is 0 Å². The number of carbonyl (C=O) groups is 1. The molecule has 26 heavy (non-hydrogen) atoms. The van der Waals surface area contributed by atoms with E-state index in [2.05, 4.69) is 34.8 Å². The second kappa shape index (κ2) is 8.65. The molecule has 0 spiro atoms. The fraction of sp³-hybridized carbons (Fsp3) is 0.364. The minimum atomic E-state index is -0.231. The predicted octanol–water partition coefficient (Wildman–Crippen LogP) is 4.90. The van der Waals surface area contributed by atoms with Gasteiger partial charge in [0.25, 0.3) is 5.91 Å². The molecule has 2 aromatic rings. The van der Waals surface area contributed by atoms with Crippen LogP contribution in [-0.4, -0.2) is 18.7 Å².